The molecule has 2 rings (SSSR count). The van der Waals surface area contributed by atoms with Crippen LogP contribution in [0.25, 0.3) is 10.2 Å². The summed E-state index contributed by atoms with van der Waals surface area (Å²) in [7, 11) is 1.95. The Morgan fingerprint density at radius 2 is 2.15 bits per heavy atom. The van der Waals surface area contributed by atoms with E-state index in [4.69, 9.17) is 12.2 Å². The third-order valence-electron chi connectivity index (χ3n) is 1.57. The van der Waals surface area contributed by atoms with E-state index in [1.165, 1.54) is 0 Å². The van der Waals surface area contributed by atoms with Gasteiger partial charge < -0.3 is 4.57 Å². The Morgan fingerprint density at radius 3 is 2.85 bits per heavy atom. The quantitative estimate of drug-likeness (QED) is 0.623. The predicted molar refractivity (Wildman–Crippen MR) is 60.8 cm³/mol. The van der Waals surface area contributed by atoms with Gasteiger partial charge in [0.1, 0.15) is 4.64 Å². The van der Waals surface area contributed by atoms with E-state index in [1.54, 1.807) is 11.3 Å². The number of nitrogens with zero attached hydrogens (tertiary/aromatic N) is 2. The van der Waals surface area contributed by atoms with Gasteiger partial charge in [-0.15, -0.1) is 11.3 Å². The average Bonchev–Trinajstić information content (AvgIpc) is 2.63. The third-order valence-corrected chi connectivity index (χ3v) is 3.04. The van der Waals surface area contributed by atoms with Crippen molar-refractivity contribution in [2.45, 2.75) is 13.8 Å². The van der Waals surface area contributed by atoms with Crippen LogP contribution in [0.15, 0.2) is 17.8 Å². The zero-order valence-corrected chi connectivity index (χ0v) is 9.58. The number of fused-ring (bicyclic) bond motifs is 1. The van der Waals surface area contributed by atoms with Gasteiger partial charge in [-0.1, -0.05) is 26.1 Å². The van der Waals surface area contributed by atoms with Crippen molar-refractivity contribution < 1.29 is 0 Å². The van der Waals surface area contributed by atoms with Crippen molar-refractivity contribution in [2.75, 3.05) is 0 Å². The molecule has 0 radical (unpaired) electrons. The second-order valence-electron chi connectivity index (χ2n) is 2.30. The van der Waals surface area contributed by atoms with Crippen molar-refractivity contribution in [3.63, 3.8) is 0 Å². The maximum absolute atomic E-state index is 5.18. The van der Waals surface area contributed by atoms with Gasteiger partial charge in [0.05, 0.1) is 15.7 Å². The first-order chi connectivity index (χ1) is 6.29. The molecule has 0 spiro atoms. The van der Waals surface area contributed by atoms with E-state index in [9.17, 15) is 0 Å². The Kier molecular flexibility index (Phi) is 3.57. The van der Waals surface area contributed by atoms with Crippen molar-refractivity contribution >= 4 is 33.8 Å². The summed E-state index contributed by atoms with van der Waals surface area (Å²) in [4.78, 5) is 4.16. The molecular formula is C9H12N2S2. The highest BCUT2D eigenvalue weighted by atomic mass is 32.1. The van der Waals surface area contributed by atoms with Gasteiger partial charge in [0.15, 0.2) is 0 Å². The van der Waals surface area contributed by atoms with E-state index < -0.39 is 0 Å². The van der Waals surface area contributed by atoms with Gasteiger partial charge >= 0.3 is 0 Å². The summed E-state index contributed by atoms with van der Waals surface area (Å²) in [6.45, 7) is 4.00. The first-order valence-electron chi connectivity index (χ1n) is 4.18. The molecule has 2 aromatic heterocycles. The summed E-state index contributed by atoms with van der Waals surface area (Å²) in [6.07, 6.45) is 1.93. The molecule has 0 bridgehead atoms. The Labute approximate surface area is 86.9 Å². The van der Waals surface area contributed by atoms with E-state index in [2.05, 4.69) is 4.98 Å². The first-order valence-corrected chi connectivity index (χ1v) is 5.46. The van der Waals surface area contributed by atoms with Crippen LogP contribution in [0.1, 0.15) is 13.8 Å². The molecule has 70 valence electrons. The van der Waals surface area contributed by atoms with Gasteiger partial charge in [-0.3, -0.25) is 0 Å². The number of aryl methyl sites for hydroxylation is 1. The van der Waals surface area contributed by atoms with Gasteiger partial charge in [0.2, 0.25) is 0 Å². The number of thiazole rings is 1. The van der Waals surface area contributed by atoms with Crippen LogP contribution < -0.4 is 0 Å². The van der Waals surface area contributed by atoms with Crippen LogP contribution >= 0.6 is 23.6 Å². The largest absolute Gasteiger partial charge is 0.341 e. The maximum Gasteiger partial charge on any atom is 0.125 e. The Balaban J connectivity index is 0.000000396. The predicted octanol–water partition coefficient (Wildman–Crippen LogP) is 3.39. The fourth-order valence-electron chi connectivity index (χ4n) is 0.944. The SMILES string of the molecule is CC.Cn1ccc2ncsc2c1=S. The number of hydrogen-bond acceptors (Lipinski definition) is 3. The molecule has 0 fully saturated rings. The molecule has 0 amide bonds. The van der Waals surface area contributed by atoms with Gasteiger partial charge in [-0.25, -0.2) is 4.98 Å². The van der Waals surface area contributed by atoms with Crippen LogP contribution in [-0.2, 0) is 7.05 Å². The number of rotatable bonds is 0. The molecule has 0 saturated heterocycles. The lowest BCUT2D eigenvalue weighted by molar-refractivity contribution is 0.900. The lowest BCUT2D eigenvalue weighted by Crippen LogP contribution is -1.89. The lowest BCUT2D eigenvalue weighted by Gasteiger charge is -1.95. The molecule has 2 heterocycles. The normalized spacial score (nSPS) is 9.46. The highest BCUT2D eigenvalue weighted by Gasteiger charge is 1.97. The minimum absolute atomic E-state index is 0.866. The fourth-order valence-corrected chi connectivity index (χ4v) is 2.01. The molecule has 0 atom stereocenters. The third kappa shape index (κ3) is 1.95. The van der Waals surface area contributed by atoms with Gasteiger partial charge in [0.25, 0.3) is 0 Å². The van der Waals surface area contributed by atoms with Crippen LogP contribution in [0.4, 0.5) is 0 Å². The molecule has 4 heteroatoms. The van der Waals surface area contributed by atoms with E-state index in [0.717, 1.165) is 14.9 Å². The molecule has 0 N–H and O–H groups in total. The molecule has 0 aromatic carbocycles. The fraction of sp³-hybridized carbons (Fsp3) is 0.333. The molecule has 0 unspecified atom stereocenters. The van der Waals surface area contributed by atoms with Crippen LogP contribution in [0.2, 0.25) is 0 Å². The molecule has 0 saturated carbocycles. The van der Waals surface area contributed by atoms with Gasteiger partial charge in [0, 0.05) is 13.2 Å². The van der Waals surface area contributed by atoms with Crippen molar-refractivity contribution in [2.24, 2.45) is 7.05 Å². The zero-order valence-electron chi connectivity index (χ0n) is 7.94. The van der Waals surface area contributed by atoms with Crippen molar-refractivity contribution in [1.82, 2.24) is 9.55 Å². The Bertz CT molecular complexity index is 442. The molecule has 0 aliphatic rings. The van der Waals surface area contributed by atoms with Crippen LogP contribution in [0.3, 0.4) is 0 Å². The van der Waals surface area contributed by atoms with Crippen molar-refractivity contribution in [3.05, 3.63) is 22.4 Å². The molecular weight excluding hydrogens is 200 g/mol. The summed E-state index contributed by atoms with van der Waals surface area (Å²) in [5, 5.41) is 0. The molecule has 0 aliphatic heterocycles. The number of pyridine rings is 1. The minimum atomic E-state index is 0.866. The van der Waals surface area contributed by atoms with E-state index in [0.29, 0.717) is 0 Å². The van der Waals surface area contributed by atoms with Crippen molar-refractivity contribution in [1.29, 1.82) is 0 Å². The summed E-state index contributed by atoms with van der Waals surface area (Å²) in [6, 6.07) is 1.97. The molecule has 2 aromatic rings. The first kappa shape index (κ1) is 10.3. The highest BCUT2D eigenvalue weighted by molar-refractivity contribution is 7.71. The number of hydrogen-bond donors (Lipinski definition) is 0. The topological polar surface area (TPSA) is 17.8 Å². The summed E-state index contributed by atoms with van der Waals surface area (Å²) in [5.41, 5.74) is 2.82. The standard InChI is InChI=1S/C7H6N2S2.C2H6/c1-9-3-2-5-6(7(9)10)11-4-8-5;1-2/h2-4H,1H3;1-2H3. The number of aromatic nitrogens is 2. The maximum atomic E-state index is 5.18. The van der Waals surface area contributed by atoms with E-state index in [1.807, 2.05) is 43.2 Å². The minimum Gasteiger partial charge on any atom is -0.341 e. The highest BCUT2D eigenvalue weighted by Crippen LogP contribution is 2.17. The second kappa shape index (κ2) is 4.48. The van der Waals surface area contributed by atoms with E-state index >= 15 is 0 Å². The van der Waals surface area contributed by atoms with E-state index in [-0.39, 0.29) is 0 Å². The summed E-state index contributed by atoms with van der Waals surface area (Å²) < 4.78 is 3.89. The van der Waals surface area contributed by atoms with Crippen LogP contribution in [0, 0.1) is 4.64 Å². The van der Waals surface area contributed by atoms with Gasteiger partial charge in [-0.2, -0.15) is 0 Å². The van der Waals surface area contributed by atoms with Crippen LogP contribution in [-0.4, -0.2) is 9.55 Å². The van der Waals surface area contributed by atoms with Crippen LogP contribution in [0.5, 0.6) is 0 Å². The molecule has 0 aliphatic carbocycles. The Morgan fingerprint density at radius 1 is 1.46 bits per heavy atom. The average molecular weight is 212 g/mol. The summed E-state index contributed by atoms with van der Waals surface area (Å²) >= 11 is 6.77. The molecule has 13 heavy (non-hydrogen) atoms. The zero-order chi connectivity index (χ0) is 9.84. The summed E-state index contributed by atoms with van der Waals surface area (Å²) in [5.74, 6) is 0. The Hall–Kier alpha value is -0.740. The molecule has 2 nitrogen and oxygen atoms in total. The van der Waals surface area contributed by atoms with Gasteiger partial charge in [-0.05, 0) is 6.07 Å². The van der Waals surface area contributed by atoms with Crippen molar-refractivity contribution in [3.8, 4) is 0 Å². The smallest absolute Gasteiger partial charge is 0.125 e. The lowest BCUT2D eigenvalue weighted by atomic mass is 10.4. The second-order valence-corrected chi connectivity index (χ2v) is 3.54. The monoisotopic (exact) mass is 212 g/mol.